The zero-order chi connectivity index (χ0) is 10.2. The van der Waals surface area contributed by atoms with Crippen molar-refractivity contribution in [1.82, 2.24) is 4.98 Å². The van der Waals surface area contributed by atoms with Crippen molar-refractivity contribution < 1.29 is 5.11 Å². The third-order valence-corrected chi connectivity index (χ3v) is 2.28. The average Bonchev–Trinajstić information content (AvgIpc) is 2.26. The first kappa shape index (κ1) is 9.16. The summed E-state index contributed by atoms with van der Waals surface area (Å²) in [4.78, 5) is 4.39. The van der Waals surface area contributed by atoms with Gasteiger partial charge in [-0.3, -0.25) is 4.98 Å². The van der Waals surface area contributed by atoms with Crippen molar-refractivity contribution in [3.8, 4) is 0 Å². The second-order valence-electron chi connectivity index (χ2n) is 3.82. The molecular formula is C12H13NO. The number of hydrogen-bond donors (Lipinski definition) is 1. The van der Waals surface area contributed by atoms with Crippen LogP contribution in [0.1, 0.15) is 23.9 Å². The summed E-state index contributed by atoms with van der Waals surface area (Å²) < 4.78 is 0. The van der Waals surface area contributed by atoms with Crippen LogP contribution in [0.25, 0.3) is 12.2 Å². The summed E-state index contributed by atoms with van der Waals surface area (Å²) in [6, 6.07) is 3.98. The molecule has 1 aromatic heterocycles. The fourth-order valence-electron chi connectivity index (χ4n) is 1.42. The summed E-state index contributed by atoms with van der Waals surface area (Å²) in [6.45, 7) is 3.71. The van der Waals surface area contributed by atoms with Crippen molar-refractivity contribution >= 4 is 12.2 Å². The Hall–Kier alpha value is -1.41. The van der Waals surface area contributed by atoms with Gasteiger partial charge in [0, 0.05) is 5.69 Å². The number of pyridine rings is 1. The molecule has 2 rings (SSSR count). The van der Waals surface area contributed by atoms with E-state index in [0.29, 0.717) is 0 Å². The van der Waals surface area contributed by atoms with Gasteiger partial charge in [-0.2, -0.15) is 0 Å². The minimum absolute atomic E-state index is 0.866. The van der Waals surface area contributed by atoms with E-state index in [-0.39, 0.29) is 0 Å². The summed E-state index contributed by atoms with van der Waals surface area (Å²) in [5.74, 6) is 0. The largest absolute Gasteiger partial charge is 0.382 e. The molecule has 14 heavy (non-hydrogen) atoms. The first-order valence-corrected chi connectivity index (χ1v) is 4.65. The first-order valence-electron chi connectivity index (χ1n) is 4.65. The average molecular weight is 187 g/mol. The van der Waals surface area contributed by atoms with Crippen LogP contribution in [-0.4, -0.2) is 15.7 Å². The van der Waals surface area contributed by atoms with Crippen molar-refractivity contribution in [2.75, 3.05) is 0 Å². The van der Waals surface area contributed by atoms with E-state index < -0.39 is 5.60 Å². The topological polar surface area (TPSA) is 33.1 Å². The number of aryl methyl sites for hydroxylation is 1. The predicted molar refractivity (Wildman–Crippen MR) is 57.7 cm³/mol. The monoisotopic (exact) mass is 187 g/mol. The number of fused-ring (bicyclic) bond motifs is 1. The molecule has 0 aromatic carbocycles. The lowest BCUT2D eigenvalue weighted by Crippen LogP contribution is -2.15. The minimum Gasteiger partial charge on any atom is -0.382 e. The van der Waals surface area contributed by atoms with Gasteiger partial charge in [-0.15, -0.1) is 0 Å². The predicted octanol–water partition coefficient (Wildman–Crippen LogP) is 2.18. The number of aliphatic hydroxyl groups is 1. The van der Waals surface area contributed by atoms with Gasteiger partial charge in [-0.25, -0.2) is 0 Å². The molecule has 0 saturated carbocycles. The number of nitrogens with zero attached hydrogens (tertiary/aromatic N) is 1. The maximum absolute atomic E-state index is 9.79. The van der Waals surface area contributed by atoms with Crippen molar-refractivity contribution in [3.63, 3.8) is 0 Å². The van der Waals surface area contributed by atoms with E-state index in [1.807, 2.05) is 31.2 Å². The van der Waals surface area contributed by atoms with Gasteiger partial charge in [-0.05, 0) is 43.7 Å². The molecule has 1 unspecified atom stereocenters. The maximum Gasteiger partial charge on any atom is 0.0987 e. The summed E-state index contributed by atoms with van der Waals surface area (Å²) in [7, 11) is 0. The lowest BCUT2D eigenvalue weighted by atomic mass is 10.1. The molecule has 0 spiro atoms. The molecule has 0 bridgehead atoms. The molecule has 2 heteroatoms. The van der Waals surface area contributed by atoms with Crippen LogP contribution in [0.15, 0.2) is 24.3 Å². The molecule has 1 aliphatic rings. The molecule has 1 aliphatic carbocycles. The van der Waals surface area contributed by atoms with E-state index >= 15 is 0 Å². The van der Waals surface area contributed by atoms with Gasteiger partial charge < -0.3 is 5.11 Å². The Morgan fingerprint density at radius 1 is 1.21 bits per heavy atom. The van der Waals surface area contributed by atoms with Crippen LogP contribution in [0.5, 0.6) is 0 Å². The molecule has 1 heterocycles. The van der Waals surface area contributed by atoms with E-state index in [4.69, 9.17) is 0 Å². The normalized spacial score (nSPS) is 24.5. The SMILES string of the molecule is Cc1ccc2c(n1)C=CC(C)(O)C=C2. The summed E-state index contributed by atoms with van der Waals surface area (Å²) in [5.41, 5.74) is 2.08. The Morgan fingerprint density at radius 2 is 1.93 bits per heavy atom. The second-order valence-corrected chi connectivity index (χ2v) is 3.82. The standard InChI is InChI=1S/C12H13NO/c1-9-3-4-10-5-7-12(2,14)8-6-11(10)13-9/h3-8,14H,1-2H3. The lowest BCUT2D eigenvalue weighted by molar-refractivity contribution is 0.166. The van der Waals surface area contributed by atoms with Crippen molar-refractivity contribution in [2.24, 2.45) is 0 Å². The highest BCUT2D eigenvalue weighted by Crippen LogP contribution is 2.20. The first-order chi connectivity index (χ1) is 6.57. The Kier molecular flexibility index (Phi) is 2.01. The zero-order valence-electron chi connectivity index (χ0n) is 8.36. The number of rotatable bonds is 0. The Labute approximate surface area is 83.6 Å². The zero-order valence-corrected chi connectivity index (χ0v) is 8.36. The Morgan fingerprint density at radius 3 is 2.71 bits per heavy atom. The molecule has 0 fully saturated rings. The molecule has 2 nitrogen and oxygen atoms in total. The second kappa shape index (κ2) is 3.07. The number of hydrogen-bond acceptors (Lipinski definition) is 2. The molecule has 1 aromatic rings. The fraction of sp³-hybridized carbons (Fsp3) is 0.250. The van der Waals surface area contributed by atoms with Crippen molar-refractivity contribution in [2.45, 2.75) is 19.4 Å². The smallest absolute Gasteiger partial charge is 0.0987 e. The fourth-order valence-corrected chi connectivity index (χ4v) is 1.42. The third-order valence-electron chi connectivity index (χ3n) is 2.28. The highest BCUT2D eigenvalue weighted by atomic mass is 16.3. The van der Waals surface area contributed by atoms with Gasteiger partial charge in [0.1, 0.15) is 0 Å². The molecule has 0 amide bonds. The van der Waals surface area contributed by atoms with Crippen LogP contribution < -0.4 is 0 Å². The van der Waals surface area contributed by atoms with Gasteiger partial charge >= 0.3 is 0 Å². The molecule has 0 aliphatic heterocycles. The molecule has 0 radical (unpaired) electrons. The van der Waals surface area contributed by atoms with Crippen molar-refractivity contribution in [1.29, 1.82) is 0 Å². The van der Waals surface area contributed by atoms with Crippen LogP contribution in [0.3, 0.4) is 0 Å². The maximum atomic E-state index is 9.79. The summed E-state index contributed by atoms with van der Waals surface area (Å²) in [6.07, 6.45) is 7.29. The van der Waals surface area contributed by atoms with Crippen LogP contribution in [-0.2, 0) is 0 Å². The Balaban J connectivity index is 2.54. The quantitative estimate of drug-likeness (QED) is 0.675. The van der Waals surface area contributed by atoms with E-state index in [1.165, 1.54) is 0 Å². The van der Waals surface area contributed by atoms with Gasteiger partial charge in [0.25, 0.3) is 0 Å². The molecule has 0 saturated heterocycles. The van der Waals surface area contributed by atoms with Gasteiger partial charge in [0.05, 0.1) is 11.3 Å². The van der Waals surface area contributed by atoms with Gasteiger partial charge in [0.2, 0.25) is 0 Å². The summed E-state index contributed by atoms with van der Waals surface area (Å²) in [5, 5.41) is 9.79. The van der Waals surface area contributed by atoms with Crippen LogP contribution in [0.4, 0.5) is 0 Å². The molecular weight excluding hydrogens is 174 g/mol. The van der Waals surface area contributed by atoms with E-state index in [1.54, 1.807) is 19.1 Å². The van der Waals surface area contributed by atoms with Crippen LogP contribution in [0, 0.1) is 6.92 Å². The van der Waals surface area contributed by atoms with Crippen molar-refractivity contribution in [3.05, 3.63) is 41.2 Å². The molecule has 72 valence electrons. The van der Waals surface area contributed by atoms with E-state index in [9.17, 15) is 5.11 Å². The van der Waals surface area contributed by atoms with E-state index in [2.05, 4.69) is 4.98 Å². The lowest BCUT2D eigenvalue weighted by Gasteiger charge is -2.10. The summed E-state index contributed by atoms with van der Waals surface area (Å²) >= 11 is 0. The molecule has 1 atom stereocenters. The van der Waals surface area contributed by atoms with Crippen LogP contribution in [0.2, 0.25) is 0 Å². The van der Waals surface area contributed by atoms with Crippen LogP contribution >= 0.6 is 0 Å². The molecule has 1 N–H and O–H groups in total. The minimum atomic E-state index is -0.866. The number of aromatic nitrogens is 1. The highest BCUT2D eigenvalue weighted by molar-refractivity contribution is 5.66. The van der Waals surface area contributed by atoms with Gasteiger partial charge in [-0.1, -0.05) is 12.1 Å². The third kappa shape index (κ3) is 1.75. The van der Waals surface area contributed by atoms with Gasteiger partial charge in [0.15, 0.2) is 0 Å². The van der Waals surface area contributed by atoms with E-state index in [0.717, 1.165) is 17.0 Å². The Bertz CT molecular complexity index is 416. The highest BCUT2D eigenvalue weighted by Gasteiger charge is 2.14.